The summed E-state index contributed by atoms with van der Waals surface area (Å²) in [7, 11) is 1.45. The first-order valence-electron chi connectivity index (χ1n) is 6.64. The van der Waals surface area contributed by atoms with Gasteiger partial charge in [0.1, 0.15) is 5.75 Å². The van der Waals surface area contributed by atoms with Crippen LogP contribution >= 0.6 is 6.72 Å². The van der Waals surface area contributed by atoms with Crippen LogP contribution in [0, 0.1) is 0 Å². The number of nitrogens with zero attached hydrogens (tertiary/aromatic N) is 1. The summed E-state index contributed by atoms with van der Waals surface area (Å²) in [5.74, 6) is 0.537. The van der Waals surface area contributed by atoms with Crippen LogP contribution in [-0.4, -0.2) is 32.6 Å². The summed E-state index contributed by atoms with van der Waals surface area (Å²) in [6, 6.07) is 6.90. The SMILES string of the molecule is CCOP(=S)(OCC)Oc1ccc(/C=N/OC(=O)NC)cc1. The van der Waals surface area contributed by atoms with Crippen LogP contribution < -0.4 is 9.84 Å². The minimum absolute atomic E-state index is 0.416. The summed E-state index contributed by atoms with van der Waals surface area (Å²) >= 11 is 5.28. The molecule has 0 aliphatic rings. The third kappa shape index (κ3) is 6.53. The lowest BCUT2D eigenvalue weighted by molar-refractivity contribution is 0.154. The van der Waals surface area contributed by atoms with Gasteiger partial charge in [0.05, 0.1) is 19.4 Å². The lowest BCUT2D eigenvalue weighted by atomic mass is 10.2. The Kier molecular flexibility index (Phi) is 8.05. The van der Waals surface area contributed by atoms with Gasteiger partial charge >= 0.3 is 12.8 Å². The fourth-order valence-corrected chi connectivity index (χ4v) is 3.41. The Morgan fingerprint density at radius 2 is 1.86 bits per heavy atom. The van der Waals surface area contributed by atoms with Crippen LogP contribution in [0.3, 0.4) is 0 Å². The molecule has 0 aliphatic carbocycles. The lowest BCUT2D eigenvalue weighted by Gasteiger charge is -2.20. The quantitative estimate of drug-likeness (QED) is 0.337. The molecule has 1 amide bonds. The number of hydrogen-bond donors (Lipinski definition) is 1. The minimum Gasteiger partial charge on any atom is -0.424 e. The van der Waals surface area contributed by atoms with Gasteiger partial charge in [-0.1, -0.05) is 5.16 Å². The molecule has 1 aromatic carbocycles. The first-order chi connectivity index (χ1) is 10.5. The molecule has 0 heterocycles. The standard InChI is InChI=1S/C13H19N2O5PS/c1-4-17-21(22,18-5-2)20-12-8-6-11(7-9-12)10-15-19-13(16)14-3/h6-10H,4-5H2,1-3H3,(H,14,16)/b15-10+. The molecule has 0 fully saturated rings. The zero-order valence-corrected chi connectivity index (χ0v) is 14.4. The summed E-state index contributed by atoms with van der Waals surface area (Å²) < 4.78 is 16.4. The Hall–Kier alpha value is -1.47. The van der Waals surface area contributed by atoms with Crippen molar-refractivity contribution in [3.8, 4) is 5.75 Å². The molecule has 0 atom stereocenters. The molecule has 0 spiro atoms. The Bertz CT molecular complexity index is 540. The van der Waals surface area contributed by atoms with E-state index >= 15 is 0 Å². The van der Waals surface area contributed by atoms with Crippen LogP contribution in [-0.2, 0) is 25.7 Å². The van der Waals surface area contributed by atoms with Crippen molar-refractivity contribution < 1.29 is 23.2 Å². The lowest BCUT2D eigenvalue weighted by Crippen LogP contribution is -2.16. The molecule has 0 saturated carbocycles. The largest absolute Gasteiger partial charge is 0.433 e. The topological polar surface area (TPSA) is 78.4 Å². The van der Waals surface area contributed by atoms with E-state index in [1.54, 1.807) is 24.3 Å². The van der Waals surface area contributed by atoms with Crippen LogP contribution in [0.2, 0.25) is 0 Å². The summed E-state index contributed by atoms with van der Waals surface area (Å²) in [4.78, 5) is 15.3. The van der Waals surface area contributed by atoms with Crippen LogP contribution in [0.4, 0.5) is 4.79 Å². The van der Waals surface area contributed by atoms with Gasteiger partial charge in [0.25, 0.3) is 0 Å². The third-order valence-corrected chi connectivity index (χ3v) is 4.65. The maximum absolute atomic E-state index is 10.8. The molecule has 0 saturated heterocycles. The molecular weight excluding hydrogens is 327 g/mol. The van der Waals surface area contributed by atoms with E-state index in [4.69, 9.17) is 25.4 Å². The molecule has 1 rings (SSSR count). The third-order valence-electron chi connectivity index (χ3n) is 2.21. The van der Waals surface area contributed by atoms with E-state index in [-0.39, 0.29) is 0 Å². The zero-order valence-electron chi connectivity index (χ0n) is 12.6. The average Bonchev–Trinajstić information content (AvgIpc) is 2.49. The van der Waals surface area contributed by atoms with Gasteiger partial charge in [-0.05, 0) is 43.7 Å². The Morgan fingerprint density at radius 3 is 2.36 bits per heavy atom. The van der Waals surface area contributed by atoms with E-state index in [1.807, 2.05) is 13.8 Å². The normalized spacial score (nSPS) is 11.4. The fourth-order valence-electron chi connectivity index (χ4n) is 1.33. The van der Waals surface area contributed by atoms with Crippen molar-refractivity contribution >= 4 is 30.8 Å². The predicted molar refractivity (Wildman–Crippen MR) is 87.7 cm³/mol. The van der Waals surface area contributed by atoms with E-state index in [1.165, 1.54) is 13.3 Å². The summed E-state index contributed by atoms with van der Waals surface area (Å²) in [5, 5.41) is 5.81. The molecule has 0 bridgehead atoms. The Labute approximate surface area is 134 Å². The molecular formula is C13H19N2O5PS. The van der Waals surface area contributed by atoms with E-state index in [2.05, 4.69) is 15.3 Å². The fraction of sp³-hybridized carbons (Fsp3) is 0.385. The second kappa shape index (κ2) is 9.53. The number of rotatable bonds is 8. The number of nitrogens with one attached hydrogen (secondary N) is 1. The first-order valence-corrected chi connectivity index (χ1v) is 9.19. The number of carbonyl (C=O) groups is 1. The van der Waals surface area contributed by atoms with E-state index < -0.39 is 12.8 Å². The highest BCUT2D eigenvalue weighted by Gasteiger charge is 2.20. The maximum Gasteiger partial charge on any atom is 0.433 e. The Morgan fingerprint density at radius 1 is 1.27 bits per heavy atom. The van der Waals surface area contributed by atoms with Crippen LogP contribution in [0.15, 0.2) is 29.4 Å². The average molecular weight is 346 g/mol. The van der Waals surface area contributed by atoms with Gasteiger partial charge in [-0.25, -0.2) is 4.79 Å². The molecule has 7 nitrogen and oxygen atoms in total. The van der Waals surface area contributed by atoms with E-state index in [0.717, 1.165) is 5.56 Å². The predicted octanol–water partition coefficient (Wildman–Crippen LogP) is 3.05. The van der Waals surface area contributed by atoms with E-state index in [0.29, 0.717) is 19.0 Å². The number of oxime groups is 1. The van der Waals surface area contributed by atoms with Gasteiger partial charge in [0.15, 0.2) is 0 Å². The summed E-state index contributed by atoms with van der Waals surface area (Å²) in [6.07, 6.45) is 0.769. The number of hydrogen-bond acceptors (Lipinski definition) is 7. The second-order valence-electron chi connectivity index (χ2n) is 3.81. The van der Waals surface area contributed by atoms with Crippen molar-refractivity contribution in [3.05, 3.63) is 29.8 Å². The van der Waals surface area contributed by atoms with Crippen molar-refractivity contribution in [2.75, 3.05) is 20.3 Å². The summed E-state index contributed by atoms with van der Waals surface area (Å²) in [6.45, 7) is 1.72. The van der Waals surface area contributed by atoms with Gasteiger partial charge in [0.2, 0.25) is 0 Å². The monoisotopic (exact) mass is 346 g/mol. The molecule has 1 aromatic rings. The molecule has 9 heteroatoms. The minimum atomic E-state index is -2.77. The van der Waals surface area contributed by atoms with Crippen molar-refractivity contribution in [1.82, 2.24) is 5.32 Å². The maximum atomic E-state index is 10.8. The summed E-state index contributed by atoms with van der Waals surface area (Å²) in [5.41, 5.74) is 0.734. The van der Waals surface area contributed by atoms with Crippen molar-refractivity contribution in [1.29, 1.82) is 0 Å². The van der Waals surface area contributed by atoms with Crippen LogP contribution in [0.1, 0.15) is 19.4 Å². The first kappa shape index (κ1) is 18.6. The Balaban J connectivity index is 2.67. The van der Waals surface area contributed by atoms with Gasteiger partial charge < -0.3 is 9.84 Å². The van der Waals surface area contributed by atoms with Crippen LogP contribution in [0.25, 0.3) is 0 Å². The number of amides is 1. The molecule has 22 heavy (non-hydrogen) atoms. The number of carbonyl (C=O) groups excluding carboxylic acids is 1. The van der Waals surface area contributed by atoms with Crippen molar-refractivity contribution in [2.24, 2.45) is 5.16 Å². The van der Waals surface area contributed by atoms with Crippen molar-refractivity contribution in [2.45, 2.75) is 13.8 Å². The van der Waals surface area contributed by atoms with Gasteiger partial charge in [-0.3, -0.25) is 13.9 Å². The van der Waals surface area contributed by atoms with Crippen molar-refractivity contribution in [3.63, 3.8) is 0 Å². The van der Waals surface area contributed by atoms with Gasteiger partial charge in [-0.15, -0.1) is 0 Å². The van der Waals surface area contributed by atoms with Crippen LogP contribution in [0.5, 0.6) is 5.75 Å². The molecule has 1 N–H and O–H groups in total. The highest BCUT2D eigenvalue weighted by atomic mass is 32.5. The van der Waals surface area contributed by atoms with Gasteiger partial charge in [0, 0.05) is 18.9 Å². The highest BCUT2D eigenvalue weighted by Crippen LogP contribution is 2.49. The van der Waals surface area contributed by atoms with E-state index in [9.17, 15) is 4.79 Å². The number of benzene rings is 1. The smallest absolute Gasteiger partial charge is 0.424 e. The zero-order chi connectivity index (χ0) is 16.4. The molecule has 0 unspecified atom stereocenters. The molecule has 0 aromatic heterocycles. The molecule has 122 valence electrons. The molecule has 0 aliphatic heterocycles. The molecule has 0 radical (unpaired) electrons. The highest BCUT2D eigenvalue weighted by molar-refractivity contribution is 8.07. The van der Waals surface area contributed by atoms with Gasteiger partial charge in [-0.2, -0.15) is 0 Å². The second-order valence-corrected chi connectivity index (χ2v) is 6.74.